The molecule has 0 aromatic heterocycles. The van der Waals surface area contributed by atoms with Crippen molar-refractivity contribution < 1.29 is 0 Å². The van der Waals surface area contributed by atoms with Gasteiger partial charge in [-0.05, 0) is 6.92 Å². The van der Waals surface area contributed by atoms with Crippen LogP contribution < -0.4 is 5.73 Å². The third kappa shape index (κ3) is 1.54. The van der Waals surface area contributed by atoms with Crippen LogP contribution in [0.25, 0.3) is 0 Å². The quantitative estimate of drug-likeness (QED) is 0.392. The molecule has 1 heteroatoms. The summed E-state index contributed by atoms with van der Waals surface area (Å²) in [5.74, 6) is 0. The average Bonchev–Trinajstić information content (AvgIpc) is 1.37. The fourth-order valence-electron chi connectivity index (χ4n) is 0. The first-order valence-electron chi connectivity index (χ1n) is 1.20. The highest BCUT2D eigenvalue weighted by molar-refractivity contribution is 4.65. The van der Waals surface area contributed by atoms with Crippen LogP contribution in [0.1, 0.15) is 6.92 Å². The molecule has 0 aromatic carbocycles. The summed E-state index contributed by atoms with van der Waals surface area (Å²) in [6, 6.07) is 0. The number of allylic oxidation sites excluding steroid dienone is 1. The van der Waals surface area contributed by atoms with E-state index in [0.29, 0.717) is 0 Å². The molecular formula is C3H6N. The summed E-state index contributed by atoms with van der Waals surface area (Å²) in [5, 5.41) is 0. The fraction of sp³-hybridized carbons (Fsp3) is 0.333. The van der Waals surface area contributed by atoms with Crippen molar-refractivity contribution in [3.8, 4) is 0 Å². The first-order valence-corrected chi connectivity index (χ1v) is 1.20. The molecule has 0 aliphatic rings. The largest absolute Gasteiger partial charge is 0.309 e. The molecule has 0 rings (SSSR count). The lowest BCUT2D eigenvalue weighted by atomic mass is 10.7. The van der Waals surface area contributed by atoms with Crippen LogP contribution in [0, 0.1) is 0 Å². The van der Waals surface area contributed by atoms with Gasteiger partial charge in [-0.25, -0.2) is 0 Å². The maximum Gasteiger partial charge on any atom is 0.0135 e. The van der Waals surface area contributed by atoms with E-state index >= 15 is 0 Å². The van der Waals surface area contributed by atoms with E-state index in [9.17, 15) is 0 Å². The third-order valence-electron chi connectivity index (χ3n) is 0.167. The van der Waals surface area contributed by atoms with Gasteiger partial charge in [-0.3, -0.25) is 0 Å². The Morgan fingerprint density at radius 2 is 2.00 bits per heavy atom. The van der Waals surface area contributed by atoms with Gasteiger partial charge in [0.2, 0.25) is 0 Å². The van der Waals surface area contributed by atoms with Gasteiger partial charge in [-0.15, -0.1) is 0 Å². The molecule has 0 aromatic rings. The molecule has 4 heavy (non-hydrogen) atoms. The molecule has 0 saturated carbocycles. The van der Waals surface area contributed by atoms with Crippen LogP contribution in [-0.2, 0) is 0 Å². The van der Waals surface area contributed by atoms with E-state index in [-0.39, 0.29) is 0 Å². The molecule has 0 bridgehead atoms. The lowest BCUT2D eigenvalue weighted by Gasteiger charge is -1.50. The Balaban J connectivity index is 2.55. The predicted molar refractivity (Wildman–Crippen MR) is 17.9 cm³/mol. The van der Waals surface area contributed by atoms with Crippen LogP contribution in [-0.4, -0.2) is 0 Å². The van der Waals surface area contributed by atoms with E-state index < -0.39 is 0 Å². The number of rotatable bonds is 0. The van der Waals surface area contributed by atoms with Gasteiger partial charge in [0.1, 0.15) is 0 Å². The van der Waals surface area contributed by atoms with Gasteiger partial charge in [0.05, 0.1) is 0 Å². The minimum atomic E-state index is 1.25. The minimum absolute atomic E-state index is 1.25. The molecule has 0 unspecified atom stereocenters. The maximum atomic E-state index is 6.27. The van der Waals surface area contributed by atoms with Crippen molar-refractivity contribution in [3.63, 3.8) is 0 Å². The molecule has 0 saturated heterocycles. The normalized spacial score (nSPS) is 9.25. The lowest BCUT2D eigenvalue weighted by Crippen LogP contribution is -1.43. The Morgan fingerprint density at radius 1 is 1.75 bits per heavy atom. The van der Waals surface area contributed by atoms with Crippen molar-refractivity contribution in [2.75, 3.05) is 0 Å². The smallest absolute Gasteiger partial charge is 0.0135 e. The second kappa shape index (κ2) is 2.54. The molecule has 0 heterocycles. The lowest BCUT2D eigenvalue weighted by molar-refractivity contribution is 1.49. The van der Waals surface area contributed by atoms with Crippen LogP contribution in [0.3, 0.4) is 0 Å². The van der Waals surface area contributed by atoms with Crippen molar-refractivity contribution in [2.24, 2.45) is 0 Å². The summed E-state index contributed by atoms with van der Waals surface area (Å²) in [7, 11) is 0. The number of hydrogen-bond acceptors (Lipinski definition) is 0. The van der Waals surface area contributed by atoms with Crippen molar-refractivity contribution in [2.45, 2.75) is 6.92 Å². The van der Waals surface area contributed by atoms with Crippen LogP contribution in [0.5, 0.6) is 0 Å². The Hall–Kier alpha value is -0.460. The second-order valence-electron chi connectivity index (χ2n) is 0.500. The van der Waals surface area contributed by atoms with Gasteiger partial charge in [0, 0.05) is 6.20 Å². The Labute approximate surface area is 26.1 Å². The summed E-state index contributed by atoms with van der Waals surface area (Å²) < 4.78 is 0. The summed E-state index contributed by atoms with van der Waals surface area (Å²) in [6.07, 6.45) is 2.92. The molecule has 0 amide bonds. The van der Waals surface area contributed by atoms with E-state index in [0.717, 1.165) is 0 Å². The summed E-state index contributed by atoms with van der Waals surface area (Å²) in [4.78, 5) is 0. The molecule has 0 aliphatic heterocycles. The summed E-state index contributed by atoms with van der Waals surface area (Å²) in [5.41, 5.74) is 6.27. The zero-order valence-electron chi connectivity index (χ0n) is 2.65. The minimum Gasteiger partial charge on any atom is -0.309 e. The molecule has 0 fully saturated rings. The molecule has 0 spiro atoms. The van der Waals surface area contributed by atoms with Crippen molar-refractivity contribution in [1.82, 2.24) is 5.73 Å². The Morgan fingerprint density at radius 3 is 2.00 bits per heavy atom. The van der Waals surface area contributed by atoms with E-state index in [1.165, 1.54) is 6.20 Å². The third-order valence-corrected chi connectivity index (χ3v) is 0.167. The van der Waals surface area contributed by atoms with Crippen LogP contribution in [0.4, 0.5) is 0 Å². The molecule has 1 nitrogen and oxygen atoms in total. The van der Waals surface area contributed by atoms with Gasteiger partial charge in [-0.2, -0.15) is 0 Å². The molecule has 0 aliphatic carbocycles. The van der Waals surface area contributed by atoms with Gasteiger partial charge in [-0.1, -0.05) is 6.08 Å². The van der Waals surface area contributed by atoms with Gasteiger partial charge < -0.3 is 5.73 Å². The molecular weight excluding hydrogens is 50.0 g/mol. The highest BCUT2D eigenvalue weighted by Crippen LogP contribution is 1.50. The zero-order valence-corrected chi connectivity index (χ0v) is 2.65. The zero-order chi connectivity index (χ0) is 3.41. The maximum absolute atomic E-state index is 6.27. The first kappa shape index (κ1) is 3.54. The second-order valence-corrected chi connectivity index (χ2v) is 0.500. The van der Waals surface area contributed by atoms with E-state index in [4.69, 9.17) is 5.73 Å². The molecule has 0 atom stereocenters. The number of nitrogens with one attached hydrogen (secondary N) is 1. The highest BCUT2D eigenvalue weighted by atomic mass is 14.5. The van der Waals surface area contributed by atoms with Crippen molar-refractivity contribution in [1.29, 1.82) is 0 Å². The van der Waals surface area contributed by atoms with E-state index in [2.05, 4.69) is 0 Å². The van der Waals surface area contributed by atoms with Gasteiger partial charge in [0.15, 0.2) is 0 Å². The Bertz CT molecular complexity index is 18.5. The standard InChI is InChI=1S/C3H6N/c1-2-3-4/h2-4H,1H3/b3-2+. The van der Waals surface area contributed by atoms with Gasteiger partial charge >= 0.3 is 0 Å². The summed E-state index contributed by atoms with van der Waals surface area (Å²) in [6.45, 7) is 1.81. The molecule has 1 radical (unpaired) electrons. The fourth-order valence-corrected chi connectivity index (χ4v) is 0. The summed E-state index contributed by atoms with van der Waals surface area (Å²) >= 11 is 0. The SMILES string of the molecule is C/C=C/[NH]. The van der Waals surface area contributed by atoms with Crippen molar-refractivity contribution in [3.05, 3.63) is 12.3 Å². The average molecular weight is 56.1 g/mol. The Kier molecular flexibility index (Phi) is 2.25. The predicted octanol–water partition coefficient (Wildman–Crippen LogP) is 0.803. The highest BCUT2D eigenvalue weighted by Gasteiger charge is 1.34. The van der Waals surface area contributed by atoms with E-state index in [1.54, 1.807) is 6.08 Å². The van der Waals surface area contributed by atoms with Crippen LogP contribution in [0.2, 0.25) is 0 Å². The topological polar surface area (TPSA) is 23.8 Å². The van der Waals surface area contributed by atoms with Crippen LogP contribution in [0.15, 0.2) is 12.3 Å². The first-order chi connectivity index (χ1) is 1.91. The van der Waals surface area contributed by atoms with Crippen LogP contribution >= 0.6 is 0 Å². The monoisotopic (exact) mass is 56.1 g/mol. The van der Waals surface area contributed by atoms with Gasteiger partial charge in [0.25, 0.3) is 0 Å². The molecule has 23 valence electrons. The van der Waals surface area contributed by atoms with E-state index in [1.807, 2.05) is 6.92 Å². The number of hydrogen-bond donors (Lipinski definition) is 0. The molecule has 1 N–H and O–H groups in total. The van der Waals surface area contributed by atoms with Crippen molar-refractivity contribution >= 4 is 0 Å².